The highest BCUT2D eigenvalue weighted by Crippen LogP contribution is 2.50. The van der Waals surface area contributed by atoms with Crippen LogP contribution in [-0.2, 0) is 4.57 Å². The molecule has 0 saturated carbocycles. The van der Waals surface area contributed by atoms with Gasteiger partial charge in [-0.15, -0.1) is 0 Å². The minimum Gasteiger partial charge on any atom is -0.386 e. The number of benzene rings is 3. The normalized spacial score (nSPS) is 11.8. The van der Waals surface area contributed by atoms with Crippen LogP contribution in [0.3, 0.4) is 0 Å². The Balaban J connectivity index is 1.96. The van der Waals surface area contributed by atoms with Gasteiger partial charge in [0.1, 0.15) is 17.2 Å². The van der Waals surface area contributed by atoms with Crippen molar-refractivity contribution in [3.8, 4) is 17.2 Å². The van der Waals surface area contributed by atoms with Crippen LogP contribution in [0.25, 0.3) is 0 Å². The second kappa shape index (κ2) is 10.3. The van der Waals surface area contributed by atoms with Gasteiger partial charge in [-0.2, -0.15) is 4.57 Å². The molecular formula is C27H33O4P. The Hall–Kier alpha value is -2.71. The van der Waals surface area contributed by atoms with Gasteiger partial charge in [-0.1, -0.05) is 77.9 Å². The zero-order valence-corrected chi connectivity index (χ0v) is 20.6. The Morgan fingerprint density at radius 1 is 0.531 bits per heavy atom. The predicted octanol–water partition coefficient (Wildman–Crippen LogP) is 8.70. The summed E-state index contributed by atoms with van der Waals surface area (Å²) in [6, 6.07) is 22.6. The van der Waals surface area contributed by atoms with Gasteiger partial charge in [-0.3, -0.25) is 0 Å². The molecule has 3 aromatic rings. The molecule has 0 bridgehead atoms. The minimum absolute atomic E-state index is 0.310. The molecule has 0 aromatic heterocycles. The lowest BCUT2D eigenvalue weighted by Crippen LogP contribution is -2.08. The van der Waals surface area contributed by atoms with Crippen molar-refractivity contribution < 1.29 is 18.1 Å². The van der Waals surface area contributed by atoms with Gasteiger partial charge in [0.15, 0.2) is 0 Å². The van der Waals surface area contributed by atoms with Gasteiger partial charge in [0.2, 0.25) is 0 Å². The summed E-state index contributed by atoms with van der Waals surface area (Å²) in [4.78, 5) is 0. The van der Waals surface area contributed by atoms with Crippen molar-refractivity contribution >= 4 is 7.82 Å². The molecule has 0 amide bonds. The fraction of sp³-hybridized carbons (Fsp3) is 0.333. The van der Waals surface area contributed by atoms with Crippen LogP contribution >= 0.6 is 7.82 Å². The molecule has 5 heteroatoms. The maximum absolute atomic E-state index is 13.9. The summed E-state index contributed by atoms with van der Waals surface area (Å²) in [7, 11) is -4.04. The van der Waals surface area contributed by atoms with E-state index in [1.165, 1.54) is 0 Å². The summed E-state index contributed by atoms with van der Waals surface area (Å²) in [5.74, 6) is 2.26. The van der Waals surface area contributed by atoms with Crippen molar-refractivity contribution in [2.75, 3.05) is 0 Å². The van der Waals surface area contributed by atoms with Gasteiger partial charge in [0.25, 0.3) is 0 Å². The molecule has 170 valence electrons. The first-order valence-electron chi connectivity index (χ1n) is 11.1. The quantitative estimate of drug-likeness (QED) is 0.305. The summed E-state index contributed by atoms with van der Waals surface area (Å²) in [5, 5.41) is 0. The van der Waals surface area contributed by atoms with Crippen LogP contribution < -0.4 is 13.6 Å². The van der Waals surface area contributed by atoms with Crippen LogP contribution in [-0.4, -0.2) is 0 Å². The molecule has 0 heterocycles. The van der Waals surface area contributed by atoms with Gasteiger partial charge in [-0.05, 0) is 70.8 Å². The van der Waals surface area contributed by atoms with E-state index in [-0.39, 0.29) is 0 Å². The van der Waals surface area contributed by atoms with Crippen molar-refractivity contribution in [1.29, 1.82) is 0 Å². The second-order valence-electron chi connectivity index (χ2n) is 8.90. The molecule has 3 rings (SSSR count). The molecular weight excluding hydrogens is 419 g/mol. The van der Waals surface area contributed by atoms with Crippen molar-refractivity contribution in [2.24, 2.45) is 0 Å². The predicted molar refractivity (Wildman–Crippen MR) is 131 cm³/mol. The third-order valence-corrected chi connectivity index (χ3v) is 6.53. The molecule has 0 aliphatic rings. The molecule has 32 heavy (non-hydrogen) atoms. The van der Waals surface area contributed by atoms with Crippen LogP contribution in [0, 0.1) is 0 Å². The van der Waals surface area contributed by atoms with Crippen LogP contribution in [0.15, 0.2) is 72.8 Å². The van der Waals surface area contributed by atoms with Gasteiger partial charge >= 0.3 is 7.82 Å². The van der Waals surface area contributed by atoms with E-state index >= 15 is 0 Å². The zero-order chi connectivity index (χ0) is 23.3. The van der Waals surface area contributed by atoms with Gasteiger partial charge in [0.05, 0.1) is 0 Å². The maximum Gasteiger partial charge on any atom is 0.647 e. The largest absolute Gasteiger partial charge is 0.647 e. The molecule has 0 aliphatic carbocycles. The van der Waals surface area contributed by atoms with E-state index in [1.807, 2.05) is 54.6 Å². The molecule has 3 aromatic carbocycles. The first kappa shape index (κ1) is 23.9. The molecule has 0 saturated heterocycles. The van der Waals surface area contributed by atoms with Gasteiger partial charge in [-0.25, -0.2) is 0 Å². The number of rotatable bonds is 9. The standard InChI is InChI=1S/C27H33O4P/c1-19(2)22-10-7-13-25(16-22)29-32(28,30-26-14-8-11-23(17-26)20(3)4)31-27-15-9-12-24(18-27)21(5)6/h7-21H,1-6H3. The lowest BCUT2D eigenvalue weighted by Gasteiger charge is -2.21. The highest BCUT2D eigenvalue weighted by Gasteiger charge is 2.33. The van der Waals surface area contributed by atoms with Crippen molar-refractivity contribution in [3.63, 3.8) is 0 Å². The second-order valence-corrected chi connectivity index (χ2v) is 10.3. The molecule has 0 aliphatic heterocycles. The SMILES string of the molecule is CC(C)c1cccc(OP(=O)(Oc2cccc(C(C)C)c2)Oc2cccc(C(C)C)c2)c1. The Kier molecular flexibility index (Phi) is 7.69. The Morgan fingerprint density at radius 3 is 1.06 bits per heavy atom. The van der Waals surface area contributed by atoms with E-state index in [2.05, 4.69) is 41.5 Å². The van der Waals surface area contributed by atoms with Gasteiger partial charge < -0.3 is 13.6 Å². The molecule has 4 nitrogen and oxygen atoms in total. The number of phosphoric ester groups is 1. The Labute approximate surface area is 192 Å². The molecule has 0 fully saturated rings. The number of hydrogen-bond donors (Lipinski definition) is 0. The monoisotopic (exact) mass is 452 g/mol. The zero-order valence-electron chi connectivity index (χ0n) is 19.7. The Bertz CT molecular complexity index is 952. The fourth-order valence-electron chi connectivity index (χ4n) is 3.23. The summed E-state index contributed by atoms with van der Waals surface area (Å²) in [6.07, 6.45) is 0. The van der Waals surface area contributed by atoms with Crippen LogP contribution in [0.2, 0.25) is 0 Å². The summed E-state index contributed by atoms with van der Waals surface area (Å²) in [6.45, 7) is 12.6. The lowest BCUT2D eigenvalue weighted by atomic mass is 10.0. The molecule has 0 spiro atoms. The van der Waals surface area contributed by atoms with E-state index in [9.17, 15) is 4.57 Å². The topological polar surface area (TPSA) is 44.8 Å². The van der Waals surface area contributed by atoms with E-state index in [0.29, 0.717) is 35.0 Å². The lowest BCUT2D eigenvalue weighted by molar-refractivity contribution is 0.298. The summed E-state index contributed by atoms with van der Waals surface area (Å²) < 4.78 is 31.6. The first-order chi connectivity index (χ1) is 15.1. The molecule has 0 N–H and O–H groups in total. The number of phosphoric acid groups is 1. The van der Waals surface area contributed by atoms with Crippen molar-refractivity contribution in [3.05, 3.63) is 89.5 Å². The molecule has 0 atom stereocenters. The number of hydrogen-bond acceptors (Lipinski definition) is 4. The summed E-state index contributed by atoms with van der Waals surface area (Å²) in [5.41, 5.74) is 3.24. The average molecular weight is 453 g/mol. The average Bonchev–Trinajstić information content (AvgIpc) is 2.74. The third kappa shape index (κ3) is 6.40. The van der Waals surface area contributed by atoms with E-state index in [1.54, 1.807) is 18.2 Å². The van der Waals surface area contributed by atoms with Crippen LogP contribution in [0.1, 0.15) is 76.0 Å². The maximum atomic E-state index is 13.9. The highest BCUT2D eigenvalue weighted by molar-refractivity contribution is 7.49. The highest BCUT2D eigenvalue weighted by atomic mass is 31.2. The fourth-order valence-corrected chi connectivity index (χ4v) is 4.46. The Morgan fingerprint density at radius 2 is 0.812 bits per heavy atom. The van der Waals surface area contributed by atoms with Crippen molar-refractivity contribution in [1.82, 2.24) is 0 Å². The summed E-state index contributed by atoms with van der Waals surface area (Å²) >= 11 is 0. The minimum atomic E-state index is -4.04. The van der Waals surface area contributed by atoms with E-state index in [0.717, 1.165) is 16.7 Å². The van der Waals surface area contributed by atoms with Crippen molar-refractivity contribution in [2.45, 2.75) is 59.3 Å². The smallest absolute Gasteiger partial charge is 0.386 e. The van der Waals surface area contributed by atoms with E-state index in [4.69, 9.17) is 13.6 Å². The van der Waals surface area contributed by atoms with Gasteiger partial charge in [0, 0.05) is 0 Å². The molecule has 0 unspecified atom stereocenters. The van der Waals surface area contributed by atoms with E-state index < -0.39 is 7.82 Å². The third-order valence-electron chi connectivity index (χ3n) is 5.23. The molecule has 0 radical (unpaired) electrons. The first-order valence-corrected chi connectivity index (χ1v) is 12.6. The van der Waals surface area contributed by atoms with Crippen LogP contribution in [0.5, 0.6) is 17.2 Å². The van der Waals surface area contributed by atoms with Crippen LogP contribution in [0.4, 0.5) is 0 Å².